The summed E-state index contributed by atoms with van der Waals surface area (Å²) in [6.07, 6.45) is 1.96. The van der Waals surface area contributed by atoms with Gasteiger partial charge in [-0.15, -0.1) is 5.10 Å². The van der Waals surface area contributed by atoms with E-state index >= 15 is 0 Å². The number of nitrogens with zero attached hydrogens (tertiary/aromatic N) is 6. The maximum atomic E-state index is 12.8. The summed E-state index contributed by atoms with van der Waals surface area (Å²) in [6, 6.07) is 11.9. The average molecular weight is 508 g/mol. The maximum Gasteiger partial charge on any atom is 0.230 e. The van der Waals surface area contributed by atoms with Gasteiger partial charge in [-0.3, -0.25) is 9.79 Å². The van der Waals surface area contributed by atoms with E-state index < -0.39 is 0 Å². The number of carbonyl (C=O) groups excluding carboxylic acids is 1. The van der Waals surface area contributed by atoms with Crippen LogP contribution in [-0.2, 0) is 11.3 Å². The SMILES string of the molecule is CC(C)CN(C)Cc1cnnn1-c1cccc(C2=Nc3cc(N(C)C(C)C)c(Cl)cc3NC(=O)C2)c1. The Balaban J connectivity index is 1.70. The number of hydrogen-bond donors (Lipinski definition) is 1. The van der Waals surface area contributed by atoms with Crippen LogP contribution in [0.4, 0.5) is 17.1 Å². The Labute approximate surface area is 218 Å². The fourth-order valence-corrected chi connectivity index (χ4v) is 4.65. The average Bonchev–Trinajstić information content (AvgIpc) is 3.20. The maximum absolute atomic E-state index is 12.8. The number of benzene rings is 2. The lowest BCUT2D eigenvalue weighted by Crippen LogP contribution is -2.25. The summed E-state index contributed by atoms with van der Waals surface area (Å²) in [7, 11) is 4.09. The molecular weight excluding hydrogens is 474 g/mol. The van der Waals surface area contributed by atoms with Gasteiger partial charge in [0, 0.05) is 26.2 Å². The summed E-state index contributed by atoms with van der Waals surface area (Å²) in [4.78, 5) is 22.0. The van der Waals surface area contributed by atoms with Gasteiger partial charge in [0.2, 0.25) is 5.91 Å². The summed E-state index contributed by atoms with van der Waals surface area (Å²) in [6.45, 7) is 10.3. The van der Waals surface area contributed by atoms with Gasteiger partial charge in [-0.05, 0) is 56.6 Å². The molecule has 0 unspecified atom stereocenters. The predicted molar refractivity (Wildman–Crippen MR) is 147 cm³/mol. The van der Waals surface area contributed by atoms with Gasteiger partial charge in [-0.1, -0.05) is 42.8 Å². The number of rotatable bonds is 8. The molecule has 1 aromatic heterocycles. The third-order valence-electron chi connectivity index (χ3n) is 6.23. The topological polar surface area (TPSA) is 78.7 Å². The first-order valence-electron chi connectivity index (χ1n) is 12.2. The second-order valence-corrected chi connectivity index (χ2v) is 10.5. The number of aromatic nitrogens is 3. The molecule has 0 radical (unpaired) electrons. The van der Waals surface area contributed by atoms with Gasteiger partial charge in [-0.2, -0.15) is 0 Å². The number of amides is 1. The summed E-state index contributed by atoms with van der Waals surface area (Å²) < 4.78 is 1.85. The minimum absolute atomic E-state index is 0.129. The van der Waals surface area contributed by atoms with Crippen molar-refractivity contribution in [2.45, 2.75) is 46.7 Å². The zero-order chi connectivity index (χ0) is 26.0. The van der Waals surface area contributed by atoms with Crippen molar-refractivity contribution in [1.29, 1.82) is 0 Å². The van der Waals surface area contributed by atoms with Gasteiger partial charge in [0.25, 0.3) is 0 Å². The van der Waals surface area contributed by atoms with Crippen LogP contribution in [0.25, 0.3) is 5.69 Å². The van der Waals surface area contributed by atoms with E-state index in [9.17, 15) is 4.79 Å². The van der Waals surface area contributed by atoms with Gasteiger partial charge in [0.05, 0.1) is 51.8 Å². The highest BCUT2D eigenvalue weighted by Crippen LogP contribution is 2.39. The first kappa shape index (κ1) is 25.9. The van der Waals surface area contributed by atoms with E-state index in [-0.39, 0.29) is 18.4 Å². The van der Waals surface area contributed by atoms with Crippen molar-refractivity contribution in [3.05, 3.63) is 58.9 Å². The standard InChI is InChI=1S/C27H34ClN7O/c1-17(2)15-33(5)16-21-14-29-32-35(21)20-9-7-8-19(10-20)23-13-27(36)31-24-11-22(28)26(12-25(24)30-23)34(6)18(3)4/h7-12,14,17-18H,13,15-16H2,1-6H3,(H,31,36). The van der Waals surface area contributed by atoms with Crippen LogP contribution in [0.3, 0.4) is 0 Å². The molecule has 2 aromatic carbocycles. The van der Waals surface area contributed by atoms with E-state index in [1.54, 1.807) is 12.3 Å². The van der Waals surface area contributed by atoms with Gasteiger partial charge < -0.3 is 15.1 Å². The number of aliphatic imine (C=N–C) groups is 1. The van der Waals surface area contributed by atoms with Crippen LogP contribution in [-0.4, -0.2) is 58.2 Å². The molecule has 8 nitrogen and oxygen atoms in total. The van der Waals surface area contributed by atoms with Crippen LogP contribution < -0.4 is 10.2 Å². The summed E-state index contributed by atoms with van der Waals surface area (Å²) in [5.74, 6) is 0.441. The lowest BCUT2D eigenvalue weighted by molar-refractivity contribution is -0.115. The van der Waals surface area contributed by atoms with Crippen molar-refractivity contribution in [3.63, 3.8) is 0 Å². The van der Waals surface area contributed by atoms with Crippen molar-refractivity contribution in [3.8, 4) is 5.69 Å². The van der Waals surface area contributed by atoms with Crippen molar-refractivity contribution in [2.24, 2.45) is 10.9 Å². The summed E-state index contributed by atoms with van der Waals surface area (Å²) >= 11 is 6.55. The predicted octanol–water partition coefficient (Wildman–Crippen LogP) is 5.32. The zero-order valence-corrected chi connectivity index (χ0v) is 22.5. The fourth-order valence-electron chi connectivity index (χ4n) is 4.35. The minimum Gasteiger partial charge on any atom is -0.371 e. The first-order valence-corrected chi connectivity index (χ1v) is 12.6. The molecule has 36 heavy (non-hydrogen) atoms. The second kappa shape index (κ2) is 10.8. The molecule has 0 aliphatic carbocycles. The third-order valence-corrected chi connectivity index (χ3v) is 6.53. The summed E-state index contributed by atoms with van der Waals surface area (Å²) in [5.41, 5.74) is 5.59. The van der Waals surface area contributed by atoms with Crippen LogP contribution in [0, 0.1) is 5.92 Å². The van der Waals surface area contributed by atoms with E-state index in [1.807, 2.05) is 42.1 Å². The molecular formula is C27H34ClN7O. The van der Waals surface area contributed by atoms with E-state index in [1.165, 1.54) is 0 Å². The molecule has 0 bridgehead atoms. The molecule has 0 saturated carbocycles. The number of carbonyl (C=O) groups is 1. The lowest BCUT2D eigenvalue weighted by Gasteiger charge is -2.25. The zero-order valence-electron chi connectivity index (χ0n) is 21.8. The Hall–Kier alpha value is -3.23. The Morgan fingerprint density at radius 2 is 1.92 bits per heavy atom. The highest BCUT2D eigenvalue weighted by atomic mass is 35.5. The van der Waals surface area contributed by atoms with Crippen LogP contribution in [0.5, 0.6) is 0 Å². The Morgan fingerprint density at radius 1 is 1.14 bits per heavy atom. The third kappa shape index (κ3) is 5.77. The molecule has 1 aliphatic heterocycles. The first-order chi connectivity index (χ1) is 17.1. The molecule has 9 heteroatoms. The molecule has 0 spiro atoms. The Bertz CT molecular complexity index is 1280. The molecule has 4 rings (SSSR count). The van der Waals surface area contributed by atoms with Crippen molar-refractivity contribution < 1.29 is 4.79 Å². The number of fused-ring (bicyclic) bond motifs is 1. The number of halogens is 1. The van der Waals surface area contributed by atoms with E-state index in [4.69, 9.17) is 16.6 Å². The molecule has 1 aliphatic rings. The lowest BCUT2D eigenvalue weighted by atomic mass is 10.1. The highest BCUT2D eigenvalue weighted by Gasteiger charge is 2.21. The fraction of sp³-hybridized carbons (Fsp3) is 0.407. The van der Waals surface area contributed by atoms with Gasteiger partial charge in [0.15, 0.2) is 0 Å². The number of nitrogens with one attached hydrogen (secondary N) is 1. The van der Waals surface area contributed by atoms with Crippen LogP contribution >= 0.6 is 11.6 Å². The van der Waals surface area contributed by atoms with Crippen molar-refractivity contribution in [1.82, 2.24) is 19.9 Å². The molecule has 1 amide bonds. The molecule has 0 atom stereocenters. The smallest absolute Gasteiger partial charge is 0.230 e. The molecule has 0 fully saturated rings. The molecule has 190 valence electrons. The van der Waals surface area contributed by atoms with E-state index in [0.29, 0.717) is 28.0 Å². The normalized spacial score (nSPS) is 13.6. The highest BCUT2D eigenvalue weighted by molar-refractivity contribution is 6.34. The van der Waals surface area contributed by atoms with Gasteiger partial charge in [0.1, 0.15) is 0 Å². The largest absolute Gasteiger partial charge is 0.371 e. The quantitative estimate of drug-likeness (QED) is 0.446. The number of anilines is 2. The monoisotopic (exact) mass is 507 g/mol. The van der Waals surface area contributed by atoms with Gasteiger partial charge >= 0.3 is 0 Å². The van der Waals surface area contributed by atoms with Crippen LogP contribution in [0.2, 0.25) is 5.02 Å². The van der Waals surface area contributed by atoms with Crippen molar-refractivity contribution >= 4 is 40.3 Å². The summed E-state index contributed by atoms with van der Waals surface area (Å²) in [5, 5.41) is 12.0. The molecule has 1 N–H and O–H groups in total. The van der Waals surface area contributed by atoms with Crippen molar-refractivity contribution in [2.75, 3.05) is 30.9 Å². The van der Waals surface area contributed by atoms with E-state index in [0.717, 1.165) is 35.7 Å². The Kier molecular flexibility index (Phi) is 7.76. The minimum atomic E-state index is -0.129. The van der Waals surface area contributed by atoms with Crippen LogP contribution in [0.15, 0.2) is 47.6 Å². The second-order valence-electron chi connectivity index (χ2n) is 10.1. The van der Waals surface area contributed by atoms with Gasteiger partial charge in [-0.25, -0.2) is 4.68 Å². The Morgan fingerprint density at radius 3 is 2.64 bits per heavy atom. The molecule has 0 saturated heterocycles. The molecule has 2 heterocycles. The molecule has 3 aromatic rings. The van der Waals surface area contributed by atoms with E-state index in [2.05, 4.69) is 60.2 Å². The van der Waals surface area contributed by atoms with Crippen LogP contribution in [0.1, 0.15) is 45.4 Å². The number of hydrogen-bond acceptors (Lipinski definition) is 6.